The molecule has 1 aromatic carbocycles. The molecule has 0 aromatic heterocycles. The van der Waals surface area contributed by atoms with Gasteiger partial charge in [0.15, 0.2) is 9.84 Å². The summed E-state index contributed by atoms with van der Waals surface area (Å²) in [5, 5.41) is 0.325. The van der Waals surface area contributed by atoms with Crippen LogP contribution in [-0.4, -0.2) is 21.3 Å². The molecule has 5 heteroatoms. The summed E-state index contributed by atoms with van der Waals surface area (Å²) >= 11 is 5.88. The summed E-state index contributed by atoms with van der Waals surface area (Å²) in [6, 6.07) is 4.47. The van der Waals surface area contributed by atoms with Gasteiger partial charge in [-0.1, -0.05) is 18.5 Å². The van der Waals surface area contributed by atoms with Crippen molar-refractivity contribution in [2.24, 2.45) is 0 Å². The van der Waals surface area contributed by atoms with Crippen LogP contribution < -0.4 is 4.74 Å². The predicted molar refractivity (Wildman–Crippen MR) is 60.3 cm³/mol. The zero-order valence-corrected chi connectivity index (χ0v) is 10.2. The highest BCUT2D eigenvalue weighted by molar-refractivity contribution is 7.90. The van der Waals surface area contributed by atoms with Crippen LogP contribution in [-0.2, 0) is 9.84 Å². The predicted octanol–water partition coefficient (Wildman–Crippen LogP) is 2.53. The van der Waals surface area contributed by atoms with Gasteiger partial charge in [-0.25, -0.2) is 8.42 Å². The van der Waals surface area contributed by atoms with Crippen molar-refractivity contribution < 1.29 is 13.2 Å². The fraction of sp³-hybridized carbons (Fsp3) is 0.400. The highest BCUT2D eigenvalue weighted by atomic mass is 35.5. The first-order valence-electron chi connectivity index (χ1n) is 4.57. The Balaban J connectivity index is 2.99. The molecule has 0 fully saturated rings. The largest absolute Gasteiger partial charge is 0.492 e. The smallest absolute Gasteiger partial charge is 0.175 e. The van der Waals surface area contributed by atoms with Crippen molar-refractivity contribution in [1.82, 2.24) is 0 Å². The molecule has 0 spiro atoms. The third kappa shape index (κ3) is 3.39. The fourth-order valence-corrected chi connectivity index (χ4v) is 1.99. The van der Waals surface area contributed by atoms with Crippen LogP contribution in [0.5, 0.6) is 5.75 Å². The molecule has 0 aliphatic carbocycles. The highest BCUT2D eigenvalue weighted by Crippen LogP contribution is 2.27. The minimum atomic E-state index is -3.20. The third-order valence-electron chi connectivity index (χ3n) is 1.79. The summed E-state index contributed by atoms with van der Waals surface area (Å²) in [4.78, 5) is 0.205. The van der Waals surface area contributed by atoms with E-state index in [1.165, 1.54) is 12.1 Å². The maximum atomic E-state index is 11.2. The van der Waals surface area contributed by atoms with Crippen molar-refractivity contribution in [2.75, 3.05) is 12.9 Å². The van der Waals surface area contributed by atoms with E-state index in [0.29, 0.717) is 17.4 Å². The number of hydrogen-bond donors (Lipinski definition) is 0. The Labute approximate surface area is 94.9 Å². The molecule has 0 aliphatic heterocycles. The van der Waals surface area contributed by atoms with E-state index in [9.17, 15) is 8.42 Å². The molecule has 0 radical (unpaired) electrons. The zero-order valence-electron chi connectivity index (χ0n) is 8.66. The standard InChI is InChI=1S/C10H13ClO3S/c1-3-6-14-10-5-4-8(7-9(10)11)15(2,12)13/h4-5,7H,3,6H2,1-2H3. The molecular weight excluding hydrogens is 236 g/mol. The molecule has 84 valence electrons. The van der Waals surface area contributed by atoms with Gasteiger partial charge in [-0.2, -0.15) is 0 Å². The van der Waals surface area contributed by atoms with Gasteiger partial charge in [0.05, 0.1) is 16.5 Å². The van der Waals surface area contributed by atoms with Crippen LogP contribution in [0.25, 0.3) is 0 Å². The van der Waals surface area contributed by atoms with Crippen molar-refractivity contribution in [1.29, 1.82) is 0 Å². The van der Waals surface area contributed by atoms with Crippen LogP contribution >= 0.6 is 11.6 Å². The maximum absolute atomic E-state index is 11.2. The monoisotopic (exact) mass is 248 g/mol. The van der Waals surface area contributed by atoms with Gasteiger partial charge in [-0.3, -0.25) is 0 Å². The lowest BCUT2D eigenvalue weighted by atomic mass is 10.3. The van der Waals surface area contributed by atoms with Gasteiger partial charge in [0.25, 0.3) is 0 Å². The molecule has 1 rings (SSSR count). The minimum Gasteiger partial charge on any atom is -0.492 e. The quantitative estimate of drug-likeness (QED) is 0.823. The number of ether oxygens (including phenoxy) is 1. The molecule has 0 saturated heterocycles. The van der Waals surface area contributed by atoms with Gasteiger partial charge >= 0.3 is 0 Å². The number of rotatable bonds is 4. The molecule has 0 atom stereocenters. The second-order valence-electron chi connectivity index (χ2n) is 3.21. The summed E-state index contributed by atoms with van der Waals surface area (Å²) in [6.45, 7) is 2.55. The second-order valence-corrected chi connectivity index (χ2v) is 5.64. The second kappa shape index (κ2) is 4.86. The van der Waals surface area contributed by atoms with Crippen molar-refractivity contribution >= 4 is 21.4 Å². The first-order chi connectivity index (χ1) is 6.95. The van der Waals surface area contributed by atoms with Gasteiger partial charge in [0.1, 0.15) is 5.75 Å². The van der Waals surface area contributed by atoms with Crippen LogP contribution in [0.1, 0.15) is 13.3 Å². The van der Waals surface area contributed by atoms with E-state index in [1.54, 1.807) is 6.07 Å². The molecule has 0 N–H and O–H groups in total. The molecule has 15 heavy (non-hydrogen) atoms. The maximum Gasteiger partial charge on any atom is 0.175 e. The summed E-state index contributed by atoms with van der Waals surface area (Å²) in [7, 11) is -3.20. The summed E-state index contributed by atoms with van der Waals surface area (Å²) < 4.78 is 27.7. The van der Waals surface area contributed by atoms with Crippen LogP contribution in [0.2, 0.25) is 5.02 Å². The zero-order chi connectivity index (χ0) is 11.5. The number of halogens is 1. The Kier molecular flexibility index (Phi) is 3.99. The average molecular weight is 249 g/mol. The minimum absolute atomic E-state index is 0.205. The van der Waals surface area contributed by atoms with Gasteiger partial charge < -0.3 is 4.74 Å². The lowest BCUT2D eigenvalue weighted by molar-refractivity contribution is 0.317. The van der Waals surface area contributed by atoms with Crippen molar-refractivity contribution in [3.8, 4) is 5.75 Å². The summed E-state index contributed by atoms with van der Waals surface area (Å²) in [5.74, 6) is 0.519. The lowest BCUT2D eigenvalue weighted by Gasteiger charge is -2.07. The van der Waals surface area contributed by atoms with Crippen LogP contribution in [0.15, 0.2) is 23.1 Å². The van der Waals surface area contributed by atoms with E-state index < -0.39 is 9.84 Å². The third-order valence-corrected chi connectivity index (χ3v) is 3.20. The molecule has 0 aliphatic rings. The first kappa shape index (κ1) is 12.3. The van der Waals surface area contributed by atoms with Gasteiger partial charge in [0, 0.05) is 6.26 Å². The summed E-state index contributed by atoms with van der Waals surface area (Å²) in [5.41, 5.74) is 0. The van der Waals surface area contributed by atoms with Crippen molar-refractivity contribution in [3.63, 3.8) is 0 Å². The fourth-order valence-electron chi connectivity index (χ4n) is 1.04. The Hall–Kier alpha value is -0.740. The van der Waals surface area contributed by atoms with Gasteiger partial charge in [-0.05, 0) is 24.6 Å². The topological polar surface area (TPSA) is 43.4 Å². The summed E-state index contributed by atoms with van der Waals surface area (Å²) in [6.07, 6.45) is 2.02. The van der Waals surface area contributed by atoms with Gasteiger partial charge in [-0.15, -0.1) is 0 Å². The van der Waals surface area contributed by atoms with E-state index in [4.69, 9.17) is 16.3 Å². The van der Waals surface area contributed by atoms with E-state index in [-0.39, 0.29) is 4.90 Å². The number of benzene rings is 1. The van der Waals surface area contributed by atoms with Crippen LogP contribution in [0.3, 0.4) is 0 Å². The van der Waals surface area contributed by atoms with Crippen molar-refractivity contribution in [2.45, 2.75) is 18.2 Å². The van der Waals surface area contributed by atoms with E-state index in [2.05, 4.69) is 0 Å². The SMILES string of the molecule is CCCOc1ccc(S(C)(=O)=O)cc1Cl. The van der Waals surface area contributed by atoms with Crippen molar-refractivity contribution in [3.05, 3.63) is 23.2 Å². The van der Waals surface area contributed by atoms with Crippen LogP contribution in [0.4, 0.5) is 0 Å². The average Bonchev–Trinajstić information content (AvgIpc) is 2.14. The Morgan fingerprint density at radius 3 is 2.53 bits per heavy atom. The number of sulfone groups is 1. The Morgan fingerprint density at radius 1 is 1.40 bits per heavy atom. The molecule has 1 aromatic rings. The highest BCUT2D eigenvalue weighted by Gasteiger charge is 2.10. The molecule has 0 heterocycles. The lowest BCUT2D eigenvalue weighted by Crippen LogP contribution is -1.99. The first-order valence-corrected chi connectivity index (χ1v) is 6.84. The van der Waals surface area contributed by atoms with Gasteiger partial charge in [0.2, 0.25) is 0 Å². The van der Waals surface area contributed by atoms with E-state index >= 15 is 0 Å². The Morgan fingerprint density at radius 2 is 2.07 bits per heavy atom. The van der Waals surface area contributed by atoms with E-state index in [1.807, 2.05) is 6.92 Å². The van der Waals surface area contributed by atoms with E-state index in [0.717, 1.165) is 12.7 Å². The molecule has 0 bridgehead atoms. The molecular formula is C10H13ClO3S. The number of hydrogen-bond acceptors (Lipinski definition) is 3. The Bertz CT molecular complexity index is 440. The van der Waals surface area contributed by atoms with Crippen LogP contribution in [0, 0.1) is 0 Å². The molecule has 0 amide bonds. The molecule has 0 unspecified atom stereocenters. The normalized spacial score (nSPS) is 11.4. The molecule has 3 nitrogen and oxygen atoms in total. The molecule has 0 saturated carbocycles.